The van der Waals surface area contributed by atoms with Gasteiger partial charge in [-0.15, -0.1) is 0 Å². The highest BCUT2D eigenvalue weighted by Gasteiger charge is 2.14. The lowest BCUT2D eigenvalue weighted by molar-refractivity contribution is -0.0774. The van der Waals surface area contributed by atoms with E-state index in [1.165, 1.54) is 0 Å². The summed E-state index contributed by atoms with van der Waals surface area (Å²) in [5.74, 6) is 0. The van der Waals surface area contributed by atoms with Crippen molar-refractivity contribution in [1.29, 1.82) is 0 Å². The minimum atomic E-state index is -0.0576. The molecule has 0 rings (SSSR count). The van der Waals surface area contributed by atoms with Crippen molar-refractivity contribution in [2.75, 3.05) is 13.7 Å². The molecule has 0 N–H and O–H groups in total. The Morgan fingerprint density at radius 1 is 1.30 bits per heavy atom. The Morgan fingerprint density at radius 3 is 2.10 bits per heavy atom. The van der Waals surface area contributed by atoms with Crippen molar-refractivity contribution in [2.24, 2.45) is 0 Å². The molecule has 0 saturated carbocycles. The van der Waals surface area contributed by atoms with Crippen molar-refractivity contribution in [3.63, 3.8) is 0 Å². The number of hydrogen-bond donors (Lipinski definition) is 0. The molecule has 0 amide bonds. The molecule has 0 radical (unpaired) electrons. The Bertz CT molecular complexity index is 83.7. The third-order valence-corrected chi connectivity index (χ3v) is 0.956. The molecule has 0 aliphatic heterocycles. The van der Waals surface area contributed by atoms with Gasteiger partial charge < -0.3 is 9.47 Å². The summed E-state index contributed by atoms with van der Waals surface area (Å²) in [6.45, 7) is 8.80. The first-order chi connectivity index (χ1) is 4.45. The van der Waals surface area contributed by atoms with Crippen molar-refractivity contribution in [1.82, 2.24) is 0 Å². The molecule has 0 saturated heterocycles. The maximum absolute atomic E-state index is 5.55. The summed E-state index contributed by atoms with van der Waals surface area (Å²) >= 11 is 0. The molecule has 0 fully saturated rings. The number of hydrogen-bond acceptors (Lipinski definition) is 2. The lowest BCUT2D eigenvalue weighted by Gasteiger charge is -2.24. The molecule has 0 aliphatic rings. The lowest BCUT2D eigenvalue weighted by Crippen LogP contribution is -2.28. The fourth-order valence-corrected chi connectivity index (χ4v) is 0.872. The van der Waals surface area contributed by atoms with Crippen LogP contribution in [0.4, 0.5) is 0 Å². The Morgan fingerprint density at radius 2 is 1.80 bits per heavy atom. The largest absolute Gasteiger partial charge is 0.382 e. The van der Waals surface area contributed by atoms with Gasteiger partial charge in [-0.25, -0.2) is 0 Å². The standard InChI is InChI=1S/C8H18O2/c1-7(6-9-5)10-8(2,3)4/h7H,6H2,1-5H3/t7-/m1/s1. The molecule has 0 aromatic carbocycles. The maximum atomic E-state index is 5.55. The summed E-state index contributed by atoms with van der Waals surface area (Å²) in [6, 6.07) is 0. The Kier molecular flexibility index (Phi) is 3.91. The van der Waals surface area contributed by atoms with Gasteiger partial charge in [0, 0.05) is 7.11 Å². The summed E-state index contributed by atoms with van der Waals surface area (Å²) in [6.07, 6.45) is 0.185. The quantitative estimate of drug-likeness (QED) is 0.605. The van der Waals surface area contributed by atoms with E-state index in [1.807, 2.05) is 27.7 Å². The average Bonchev–Trinajstić information content (AvgIpc) is 1.59. The van der Waals surface area contributed by atoms with Crippen LogP contribution in [0.2, 0.25) is 0 Å². The van der Waals surface area contributed by atoms with Gasteiger partial charge >= 0.3 is 0 Å². The van der Waals surface area contributed by atoms with E-state index in [-0.39, 0.29) is 11.7 Å². The summed E-state index contributed by atoms with van der Waals surface area (Å²) in [5.41, 5.74) is -0.0576. The van der Waals surface area contributed by atoms with Crippen molar-refractivity contribution >= 4 is 0 Å². The summed E-state index contributed by atoms with van der Waals surface area (Å²) < 4.78 is 10.5. The molecular formula is C8H18O2. The Hall–Kier alpha value is -0.0800. The van der Waals surface area contributed by atoms with Gasteiger partial charge in [-0.1, -0.05) is 0 Å². The third-order valence-electron chi connectivity index (χ3n) is 0.956. The van der Waals surface area contributed by atoms with E-state index in [2.05, 4.69) is 0 Å². The molecule has 1 atom stereocenters. The van der Waals surface area contributed by atoms with Crippen LogP contribution >= 0.6 is 0 Å². The second kappa shape index (κ2) is 3.94. The normalized spacial score (nSPS) is 15.3. The van der Waals surface area contributed by atoms with Crippen molar-refractivity contribution < 1.29 is 9.47 Å². The van der Waals surface area contributed by atoms with E-state index in [0.29, 0.717) is 6.61 Å². The highest BCUT2D eigenvalue weighted by Crippen LogP contribution is 2.10. The number of methoxy groups -OCH3 is 1. The van der Waals surface area contributed by atoms with Crippen molar-refractivity contribution in [2.45, 2.75) is 39.4 Å². The highest BCUT2D eigenvalue weighted by molar-refractivity contribution is 4.62. The zero-order chi connectivity index (χ0) is 8.20. The maximum Gasteiger partial charge on any atom is 0.0787 e. The van der Waals surface area contributed by atoms with Crippen LogP contribution in [0.3, 0.4) is 0 Å². The summed E-state index contributed by atoms with van der Waals surface area (Å²) in [5, 5.41) is 0. The molecule has 0 aliphatic carbocycles. The van der Waals surface area contributed by atoms with E-state index >= 15 is 0 Å². The monoisotopic (exact) mass is 146 g/mol. The Balaban J connectivity index is 3.47. The van der Waals surface area contributed by atoms with Crippen LogP contribution in [-0.4, -0.2) is 25.4 Å². The summed E-state index contributed by atoms with van der Waals surface area (Å²) in [4.78, 5) is 0. The van der Waals surface area contributed by atoms with Crippen molar-refractivity contribution in [3.8, 4) is 0 Å². The molecule has 2 nitrogen and oxygen atoms in total. The Labute approximate surface area is 63.5 Å². The highest BCUT2D eigenvalue weighted by atomic mass is 16.5. The second-order valence-corrected chi connectivity index (χ2v) is 3.50. The van der Waals surface area contributed by atoms with E-state index in [4.69, 9.17) is 9.47 Å². The van der Waals surface area contributed by atoms with Gasteiger partial charge in [-0.3, -0.25) is 0 Å². The van der Waals surface area contributed by atoms with Gasteiger partial charge in [-0.05, 0) is 27.7 Å². The van der Waals surface area contributed by atoms with Gasteiger partial charge in [0.05, 0.1) is 18.3 Å². The molecule has 0 aromatic heterocycles. The van der Waals surface area contributed by atoms with E-state index in [0.717, 1.165) is 0 Å². The molecular weight excluding hydrogens is 128 g/mol. The SMILES string of the molecule is COC[C@@H](C)OC(C)(C)C. The number of ether oxygens (including phenoxy) is 2. The molecule has 10 heavy (non-hydrogen) atoms. The van der Waals surface area contributed by atoms with Crippen LogP contribution < -0.4 is 0 Å². The molecule has 0 unspecified atom stereocenters. The van der Waals surface area contributed by atoms with Gasteiger partial charge in [0.2, 0.25) is 0 Å². The molecule has 62 valence electrons. The topological polar surface area (TPSA) is 18.5 Å². The smallest absolute Gasteiger partial charge is 0.0787 e. The fourth-order valence-electron chi connectivity index (χ4n) is 0.872. The van der Waals surface area contributed by atoms with Crippen LogP contribution in [0.25, 0.3) is 0 Å². The molecule has 0 bridgehead atoms. The molecule has 0 aromatic rings. The molecule has 2 heteroatoms. The third kappa shape index (κ3) is 6.05. The predicted molar refractivity (Wildman–Crippen MR) is 42.2 cm³/mol. The molecule has 0 spiro atoms. The fraction of sp³-hybridized carbons (Fsp3) is 1.00. The number of rotatable bonds is 3. The van der Waals surface area contributed by atoms with E-state index in [1.54, 1.807) is 7.11 Å². The first-order valence-electron chi connectivity index (χ1n) is 3.62. The minimum Gasteiger partial charge on any atom is -0.382 e. The first-order valence-corrected chi connectivity index (χ1v) is 3.62. The zero-order valence-electron chi connectivity index (χ0n) is 7.60. The molecule has 0 heterocycles. The summed E-state index contributed by atoms with van der Waals surface area (Å²) in [7, 11) is 1.68. The van der Waals surface area contributed by atoms with Crippen LogP contribution in [0.5, 0.6) is 0 Å². The second-order valence-electron chi connectivity index (χ2n) is 3.50. The lowest BCUT2D eigenvalue weighted by atomic mass is 10.2. The van der Waals surface area contributed by atoms with Gasteiger partial charge in [0.25, 0.3) is 0 Å². The minimum absolute atomic E-state index is 0.0576. The van der Waals surface area contributed by atoms with Crippen LogP contribution in [0, 0.1) is 0 Å². The van der Waals surface area contributed by atoms with Crippen molar-refractivity contribution in [3.05, 3.63) is 0 Å². The van der Waals surface area contributed by atoms with Crippen LogP contribution in [0.15, 0.2) is 0 Å². The van der Waals surface area contributed by atoms with Gasteiger partial charge in [0.1, 0.15) is 0 Å². The van der Waals surface area contributed by atoms with Crippen LogP contribution in [0.1, 0.15) is 27.7 Å². The zero-order valence-corrected chi connectivity index (χ0v) is 7.60. The van der Waals surface area contributed by atoms with E-state index in [9.17, 15) is 0 Å². The average molecular weight is 146 g/mol. The van der Waals surface area contributed by atoms with Gasteiger partial charge in [0.15, 0.2) is 0 Å². The van der Waals surface area contributed by atoms with Gasteiger partial charge in [-0.2, -0.15) is 0 Å². The predicted octanol–water partition coefficient (Wildman–Crippen LogP) is 1.84. The van der Waals surface area contributed by atoms with Crippen LogP contribution in [-0.2, 0) is 9.47 Å². The first kappa shape index (κ1) is 9.92. The van der Waals surface area contributed by atoms with E-state index < -0.39 is 0 Å².